The molecule has 6 nitrogen and oxygen atoms in total. The summed E-state index contributed by atoms with van der Waals surface area (Å²) in [4.78, 5) is 20.3. The molecule has 1 aromatic heterocycles. The number of para-hydroxylation sites is 1. The van der Waals surface area contributed by atoms with Crippen molar-refractivity contribution in [3.05, 3.63) is 36.0 Å². The van der Waals surface area contributed by atoms with Gasteiger partial charge in [-0.3, -0.25) is 14.6 Å². The number of Topliss-reactive ketones (excluding diaryl/α,β-unsaturated/α-hetero) is 1. The maximum atomic E-state index is 12.7. The zero-order chi connectivity index (χ0) is 17.4. The van der Waals surface area contributed by atoms with Gasteiger partial charge in [-0.05, 0) is 12.5 Å². The topological polar surface area (TPSA) is 73.5 Å². The van der Waals surface area contributed by atoms with Crippen molar-refractivity contribution in [2.24, 2.45) is 0 Å². The third-order valence-corrected chi connectivity index (χ3v) is 7.14. The number of ketones is 1. The summed E-state index contributed by atoms with van der Waals surface area (Å²) < 4.78 is 23.3. The van der Waals surface area contributed by atoms with E-state index in [1.807, 2.05) is 24.3 Å². The minimum absolute atomic E-state index is 0.134. The molecule has 2 saturated heterocycles. The molecular formula is C18H23N3O3S. The molecule has 2 aliphatic rings. The number of piperazine rings is 1. The second-order valence-electron chi connectivity index (χ2n) is 7.04. The number of carbonyl (C=O) groups excluding carboxylic acids is 1. The number of rotatable bonds is 4. The first-order chi connectivity index (χ1) is 12.0. The second kappa shape index (κ2) is 6.55. The van der Waals surface area contributed by atoms with Crippen molar-refractivity contribution in [3.8, 4) is 0 Å². The van der Waals surface area contributed by atoms with Crippen LogP contribution < -0.4 is 0 Å². The summed E-state index contributed by atoms with van der Waals surface area (Å²) in [6, 6.07) is 8.01. The number of nitrogens with zero attached hydrogens (tertiary/aromatic N) is 2. The van der Waals surface area contributed by atoms with E-state index in [1.165, 1.54) is 0 Å². The van der Waals surface area contributed by atoms with Gasteiger partial charge in [0.15, 0.2) is 15.6 Å². The number of aromatic amines is 1. The lowest BCUT2D eigenvalue weighted by Crippen LogP contribution is -2.51. The molecule has 1 N–H and O–H groups in total. The average Bonchev–Trinajstić information content (AvgIpc) is 3.19. The number of aromatic nitrogens is 1. The van der Waals surface area contributed by atoms with Crippen LogP contribution in [0, 0.1) is 0 Å². The van der Waals surface area contributed by atoms with Crippen LogP contribution in [0.15, 0.2) is 30.5 Å². The number of carbonyl (C=O) groups is 1. The quantitative estimate of drug-likeness (QED) is 0.827. The summed E-state index contributed by atoms with van der Waals surface area (Å²) in [5.74, 6) is 0.743. The van der Waals surface area contributed by atoms with Crippen molar-refractivity contribution in [2.75, 3.05) is 44.2 Å². The zero-order valence-electron chi connectivity index (χ0n) is 14.1. The predicted octanol–water partition coefficient (Wildman–Crippen LogP) is 1.16. The number of hydrogen-bond donors (Lipinski definition) is 1. The molecule has 134 valence electrons. The van der Waals surface area contributed by atoms with Gasteiger partial charge < -0.3 is 4.98 Å². The molecule has 0 saturated carbocycles. The Morgan fingerprint density at radius 1 is 1.16 bits per heavy atom. The highest BCUT2D eigenvalue weighted by molar-refractivity contribution is 7.91. The first-order valence-corrected chi connectivity index (χ1v) is 10.6. The van der Waals surface area contributed by atoms with E-state index in [0.717, 1.165) is 49.1 Å². The first-order valence-electron chi connectivity index (χ1n) is 8.78. The minimum atomic E-state index is -2.84. The standard InChI is InChI=1S/C18H23N3O3S/c22-18(16-11-19-17-4-2-1-3-15(16)17)12-20-6-8-21(9-7-20)14-5-10-25(23,24)13-14/h1-4,11,14,19H,5-10,12-13H2/t14-/m1/s1. The highest BCUT2D eigenvalue weighted by Crippen LogP contribution is 2.21. The highest BCUT2D eigenvalue weighted by Gasteiger charge is 2.33. The Morgan fingerprint density at radius 3 is 2.64 bits per heavy atom. The number of H-pyrrole nitrogens is 1. The van der Waals surface area contributed by atoms with Gasteiger partial charge in [0, 0.05) is 54.9 Å². The van der Waals surface area contributed by atoms with E-state index in [-0.39, 0.29) is 11.8 Å². The zero-order valence-corrected chi connectivity index (χ0v) is 15.0. The fraction of sp³-hybridized carbons (Fsp3) is 0.500. The molecule has 2 fully saturated rings. The molecule has 7 heteroatoms. The number of fused-ring (bicyclic) bond motifs is 1. The van der Waals surface area contributed by atoms with E-state index in [0.29, 0.717) is 18.1 Å². The molecule has 3 heterocycles. The van der Waals surface area contributed by atoms with Gasteiger partial charge in [-0.25, -0.2) is 8.42 Å². The van der Waals surface area contributed by atoms with E-state index < -0.39 is 9.84 Å². The SMILES string of the molecule is O=C(CN1CCN([C@@H]2CCS(=O)(=O)C2)CC1)c1c[nH]c2ccccc12. The predicted molar refractivity (Wildman–Crippen MR) is 97.7 cm³/mol. The Morgan fingerprint density at radius 2 is 1.92 bits per heavy atom. The van der Waals surface area contributed by atoms with Crippen LogP contribution in [0.25, 0.3) is 10.9 Å². The number of sulfone groups is 1. The largest absolute Gasteiger partial charge is 0.360 e. The van der Waals surface area contributed by atoms with Crippen LogP contribution in [0.4, 0.5) is 0 Å². The fourth-order valence-corrected chi connectivity index (χ4v) is 5.70. The molecule has 0 amide bonds. The van der Waals surface area contributed by atoms with Crippen LogP contribution >= 0.6 is 0 Å². The smallest absolute Gasteiger partial charge is 0.178 e. The normalized spacial score (nSPS) is 24.7. The van der Waals surface area contributed by atoms with Crippen LogP contribution in [0.3, 0.4) is 0 Å². The Hall–Kier alpha value is -1.70. The maximum absolute atomic E-state index is 12.7. The van der Waals surface area contributed by atoms with Gasteiger partial charge in [-0.2, -0.15) is 0 Å². The van der Waals surface area contributed by atoms with Crippen molar-refractivity contribution in [1.29, 1.82) is 0 Å². The molecule has 0 bridgehead atoms. The Kier molecular flexibility index (Phi) is 4.39. The number of nitrogens with one attached hydrogen (secondary N) is 1. The lowest BCUT2D eigenvalue weighted by Gasteiger charge is -2.37. The summed E-state index contributed by atoms with van der Waals surface area (Å²) in [5, 5.41) is 0.974. The van der Waals surface area contributed by atoms with Gasteiger partial charge in [-0.1, -0.05) is 18.2 Å². The summed E-state index contributed by atoms with van der Waals surface area (Å²) in [6.45, 7) is 3.71. The third kappa shape index (κ3) is 3.49. The summed E-state index contributed by atoms with van der Waals surface area (Å²) >= 11 is 0. The van der Waals surface area contributed by atoms with Crippen LogP contribution in [0.2, 0.25) is 0 Å². The molecule has 0 radical (unpaired) electrons. The van der Waals surface area contributed by atoms with Gasteiger partial charge in [0.25, 0.3) is 0 Å². The van der Waals surface area contributed by atoms with Crippen molar-refractivity contribution in [2.45, 2.75) is 12.5 Å². The Balaban J connectivity index is 1.35. The van der Waals surface area contributed by atoms with Crippen LogP contribution in [-0.2, 0) is 9.84 Å². The lowest BCUT2D eigenvalue weighted by molar-refractivity contribution is 0.0797. The van der Waals surface area contributed by atoms with Crippen molar-refractivity contribution in [3.63, 3.8) is 0 Å². The van der Waals surface area contributed by atoms with Gasteiger partial charge in [-0.15, -0.1) is 0 Å². The Labute approximate surface area is 147 Å². The molecular weight excluding hydrogens is 338 g/mol. The van der Waals surface area contributed by atoms with Crippen LogP contribution in [0.1, 0.15) is 16.8 Å². The van der Waals surface area contributed by atoms with Gasteiger partial charge in [0.05, 0.1) is 18.1 Å². The average molecular weight is 361 g/mol. The molecule has 0 spiro atoms. The Bertz CT molecular complexity index is 882. The highest BCUT2D eigenvalue weighted by atomic mass is 32.2. The molecule has 25 heavy (non-hydrogen) atoms. The second-order valence-corrected chi connectivity index (χ2v) is 9.27. The molecule has 2 aliphatic heterocycles. The van der Waals surface area contributed by atoms with E-state index in [9.17, 15) is 13.2 Å². The van der Waals surface area contributed by atoms with Gasteiger partial charge in [0.2, 0.25) is 0 Å². The summed E-state index contributed by atoms with van der Waals surface area (Å²) in [5.41, 5.74) is 1.73. The van der Waals surface area contributed by atoms with E-state index >= 15 is 0 Å². The molecule has 0 unspecified atom stereocenters. The summed E-state index contributed by atoms with van der Waals surface area (Å²) in [6.07, 6.45) is 2.54. The van der Waals surface area contributed by atoms with Gasteiger partial charge >= 0.3 is 0 Å². The molecule has 2 aromatic rings. The van der Waals surface area contributed by atoms with E-state index in [4.69, 9.17) is 0 Å². The van der Waals surface area contributed by atoms with Crippen molar-refractivity contribution >= 4 is 26.5 Å². The monoisotopic (exact) mass is 361 g/mol. The van der Waals surface area contributed by atoms with Gasteiger partial charge in [0.1, 0.15) is 0 Å². The van der Waals surface area contributed by atoms with E-state index in [2.05, 4.69) is 14.8 Å². The van der Waals surface area contributed by atoms with E-state index in [1.54, 1.807) is 6.20 Å². The lowest BCUT2D eigenvalue weighted by atomic mass is 10.1. The minimum Gasteiger partial charge on any atom is -0.360 e. The van der Waals surface area contributed by atoms with Crippen molar-refractivity contribution < 1.29 is 13.2 Å². The van der Waals surface area contributed by atoms with Crippen molar-refractivity contribution in [1.82, 2.24) is 14.8 Å². The molecule has 1 atom stereocenters. The molecule has 1 aromatic carbocycles. The first kappa shape index (κ1) is 16.8. The van der Waals surface area contributed by atoms with Crippen LogP contribution in [-0.4, -0.2) is 79.3 Å². The molecule has 4 rings (SSSR count). The fourth-order valence-electron chi connectivity index (χ4n) is 3.94. The van der Waals surface area contributed by atoms with Crippen LogP contribution in [0.5, 0.6) is 0 Å². The maximum Gasteiger partial charge on any atom is 0.178 e. The molecule has 0 aliphatic carbocycles. The number of hydrogen-bond acceptors (Lipinski definition) is 5. The third-order valence-electron chi connectivity index (χ3n) is 5.39. The number of benzene rings is 1. The summed E-state index contributed by atoms with van der Waals surface area (Å²) in [7, 11) is -2.84.